The minimum Gasteiger partial charge on any atom is -0.308 e. The molecule has 2 N–H and O–H groups in total. The molecule has 0 saturated heterocycles. The highest BCUT2D eigenvalue weighted by Gasteiger charge is 2.02. The second-order valence-electron chi connectivity index (χ2n) is 2.34. The highest BCUT2D eigenvalue weighted by Crippen LogP contribution is 2.21. The van der Waals surface area contributed by atoms with Crippen molar-refractivity contribution in [1.29, 1.82) is 5.41 Å². The predicted molar refractivity (Wildman–Crippen MR) is 56.7 cm³/mol. The average molecular weight is 196 g/mol. The summed E-state index contributed by atoms with van der Waals surface area (Å²) in [6.45, 7) is 3.61. The van der Waals surface area contributed by atoms with E-state index in [1.165, 1.54) is 6.21 Å². The zero-order chi connectivity index (χ0) is 9.68. The molecule has 0 aliphatic carbocycles. The number of rotatable bonds is 4. The van der Waals surface area contributed by atoms with Gasteiger partial charge in [-0.1, -0.05) is 24.8 Å². The van der Waals surface area contributed by atoms with Gasteiger partial charge >= 0.3 is 0 Å². The van der Waals surface area contributed by atoms with Gasteiger partial charge in [-0.25, -0.2) is 0 Å². The molecule has 4 heteroatoms. The van der Waals surface area contributed by atoms with E-state index >= 15 is 0 Å². The maximum absolute atomic E-state index is 11.9. The number of hydrogen-bond donors (Lipinski definition) is 2. The number of halogens is 1. The van der Waals surface area contributed by atoms with Crippen LogP contribution in [0.5, 0.6) is 0 Å². The lowest BCUT2D eigenvalue weighted by atomic mass is 10.1. The summed E-state index contributed by atoms with van der Waals surface area (Å²) in [6.07, 6.45) is 2.81. The smallest absolute Gasteiger partial charge is 0.162 e. The number of hydrogen-bond acceptors (Lipinski definition) is 3. The predicted octanol–water partition coefficient (Wildman–Crippen LogP) is 3.27. The minimum absolute atomic E-state index is 0.0158. The molecule has 0 saturated carbocycles. The van der Waals surface area contributed by atoms with Crippen LogP contribution in [0.3, 0.4) is 0 Å². The summed E-state index contributed by atoms with van der Waals surface area (Å²) in [5.41, 5.74) is 2.04. The first-order valence-electron chi connectivity index (χ1n) is 3.63. The molecule has 0 heterocycles. The Kier molecular flexibility index (Phi) is 3.52. The maximum Gasteiger partial charge on any atom is 0.162 e. The Bertz CT molecular complexity index is 325. The molecule has 0 unspecified atom stereocenters. The topological polar surface area (TPSA) is 35.9 Å². The highest BCUT2D eigenvalue weighted by atomic mass is 32.2. The standard InChI is InChI=1S/C9H9FN2S/c1-2-7-4-3-5-9(12-13-10)8(7)6-11/h2-6,11-12H,1H2. The molecular weight excluding hydrogens is 187 g/mol. The van der Waals surface area contributed by atoms with Crippen molar-refractivity contribution in [3.05, 3.63) is 35.9 Å². The molecular formula is C9H9FN2S. The second kappa shape index (κ2) is 4.67. The summed E-state index contributed by atoms with van der Waals surface area (Å²) in [7, 11) is 0. The lowest BCUT2D eigenvalue weighted by molar-refractivity contribution is 0.943. The summed E-state index contributed by atoms with van der Waals surface area (Å²) >= 11 is 0.0158. The van der Waals surface area contributed by atoms with Crippen LogP contribution < -0.4 is 4.72 Å². The van der Waals surface area contributed by atoms with Crippen molar-refractivity contribution in [1.82, 2.24) is 0 Å². The van der Waals surface area contributed by atoms with Crippen LogP contribution in [-0.4, -0.2) is 6.21 Å². The maximum atomic E-state index is 11.9. The van der Waals surface area contributed by atoms with E-state index in [1.54, 1.807) is 18.2 Å². The van der Waals surface area contributed by atoms with Crippen LogP contribution in [-0.2, 0) is 0 Å². The van der Waals surface area contributed by atoms with E-state index in [2.05, 4.69) is 11.3 Å². The first-order valence-corrected chi connectivity index (χ1v) is 4.34. The highest BCUT2D eigenvalue weighted by molar-refractivity contribution is 7.95. The lowest BCUT2D eigenvalue weighted by Crippen LogP contribution is -1.93. The number of anilines is 1. The van der Waals surface area contributed by atoms with Crippen LogP contribution in [0.25, 0.3) is 6.08 Å². The van der Waals surface area contributed by atoms with Gasteiger partial charge in [-0.3, -0.25) is 0 Å². The van der Waals surface area contributed by atoms with E-state index in [0.717, 1.165) is 5.56 Å². The van der Waals surface area contributed by atoms with Crippen LogP contribution in [0.15, 0.2) is 24.8 Å². The molecule has 2 nitrogen and oxygen atoms in total. The van der Waals surface area contributed by atoms with Crippen LogP contribution in [0.2, 0.25) is 0 Å². The van der Waals surface area contributed by atoms with Crippen molar-refractivity contribution in [2.75, 3.05) is 4.72 Å². The molecule has 0 radical (unpaired) electrons. The summed E-state index contributed by atoms with van der Waals surface area (Å²) < 4.78 is 14.4. The van der Waals surface area contributed by atoms with E-state index < -0.39 is 0 Å². The summed E-state index contributed by atoms with van der Waals surface area (Å²) in [4.78, 5) is 0. The fourth-order valence-corrected chi connectivity index (χ4v) is 1.31. The Hall–Kier alpha value is -1.29. The number of nitrogens with one attached hydrogen (secondary N) is 2. The van der Waals surface area contributed by atoms with Gasteiger partial charge in [-0.05, 0) is 11.6 Å². The van der Waals surface area contributed by atoms with Gasteiger partial charge in [0.1, 0.15) is 0 Å². The van der Waals surface area contributed by atoms with Crippen molar-refractivity contribution in [2.45, 2.75) is 0 Å². The summed E-state index contributed by atoms with van der Waals surface area (Å²) in [5, 5.41) is 7.16. The molecule has 1 rings (SSSR count). The molecule has 0 aromatic heterocycles. The molecule has 0 fully saturated rings. The summed E-state index contributed by atoms with van der Waals surface area (Å²) in [5.74, 6) is 0. The number of benzene rings is 1. The van der Waals surface area contributed by atoms with E-state index in [-0.39, 0.29) is 12.3 Å². The van der Waals surface area contributed by atoms with Gasteiger partial charge in [-0.2, -0.15) is 0 Å². The van der Waals surface area contributed by atoms with Crippen molar-refractivity contribution < 1.29 is 3.89 Å². The van der Waals surface area contributed by atoms with Crippen LogP contribution in [0.4, 0.5) is 9.57 Å². The third kappa shape index (κ3) is 2.09. The largest absolute Gasteiger partial charge is 0.308 e. The Morgan fingerprint density at radius 2 is 2.31 bits per heavy atom. The monoisotopic (exact) mass is 196 g/mol. The Morgan fingerprint density at radius 3 is 2.85 bits per heavy atom. The normalized spacial score (nSPS) is 9.31. The molecule has 1 aromatic carbocycles. The Labute approximate surface area is 80.8 Å². The van der Waals surface area contributed by atoms with Crippen LogP contribution in [0.1, 0.15) is 11.1 Å². The lowest BCUT2D eigenvalue weighted by Gasteiger charge is -2.06. The molecule has 13 heavy (non-hydrogen) atoms. The minimum atomic E-state index is 0.0158. The van der Waals surface area contributed by atoms with Crippen molar-refractivity contribution >= 4 is 30.3 Å². The molecule has 1 aromatic rings. The van der Waals surface area contributed by atoms with Gasteiger partial charge < -0.3 is 10.1 Å². The molecule has 0 bridgehead atoms. The van der Waals surface area contributed by atoms with Gasteiger partial charge in [-0.15, -0.1) is 3.89 Å². The second-order valence-corrected chi connectivity index (χ2v) is 2.69. The first-order chi connectivity index (χ1) is 6.33. The zero-order valence-electron chi connectivity index (χ0n) is 6.88. The van der Waals surface area contributed by atoms with E-state index in [1.807, 2.05) is 6.07 Å². The van der Waals surface area contributed by atoms with Gasteiger partial charge in [0.2, 0.25) is 0 Å². The van der Waals surface area contributed by atoms with E-state index in [4.69, 9.17) is 5.41 Å². The third-order valence-corrected chi connectivity index (χ3v) is 1.95. The molecule has 0 aliphatic heterocycles. The molecule has 0 aliphatic rings. The SMILES string of the molecule is C=Cc1cccc(NSF)c1C=N. The summed E-state index contributed by atoms with van der Waals surface area (Å²) in [6, 6.07) is 5.31. The van der Waals surface area contributed by atoms with Gasteiger partial charge in [0, 0.05) is 11.8 Å². The zero-order valence-corrected chi connectivity index (χ0v) is 7.70. The Morgan fingerprint density at radius 1 is 1.54 bits per heavy atom. The third-order valence-electron chi connectivity index (χ3n) is 1.65. The van der Waals surface area contributed by atoms with Gasteiger partial charge in [0.15, 0.2) is 12.3 Å². The average Bonchev–Trinajstić information content (AvgIpc) is 2.18. The molecule has 0 atom stereocenters. The first kappa shape index (κ1) is 9.80. The molecule has 68 valence electrons. The van der Waals surface area contributed by atoms with Crippen molar-refractivity contribution in [3.63, 3.8) is 0 Å². The van der Waals surface area contributed by atoms with Crippen LogP contribution in [0, 0.1) is 5.41 Å². The fourth-order valence-electron chi connectivity index (χ4n) is 1.05. The van der Waals surface area contributed by atoms with Gasteiger partial charge in [0.25, 0.3) is 0 Å². The molecule has 0 amide bonds. The quantitative estimate of drug-likeness (QED) is 0.572. The fraction of sp³-hybridized carbons (Fsp3) is 0. The Balaban J connectivity index is 3.18. The van der Waals surface area contributed by atoms with Crippen LogP contribution >= 0.6 is 12.3 Å². The van der Waals surface area contributed by atoms with Crippen molar-refractivity contribution in [2.24, 2.45) is 0 Å². The van der Waals surface area contributed by atoms with E-state index in [9.17, 15) is 3.89 Å². The van der Waals surface area contributed by atoms with Crippen molar-refractivity contribution in [3.8, 4) is 0 Å². The van der Waals surface area contributed by atoms with Gasteiger partial charge in [0.05, 0.1) is 5.69 Å². The van der Waals surface area contributed by atoms with E-state index in [0.29, 0.717) is 11.3 Å². The molecule has 0 spiro atoms.